The van der Waals surface area contributed by atoms with Crippen LogP contribution in [0, 0.1) is 0 Å². The first-order valence-electron chi connectivity index (χ1n) is 12.3. The summed E-state index contributed by atoms with van der Waals surface area (Å²) in [5, 5.41) is 0. The minimum Gasteiger partial charge on any atom is -1.00 e. The average Bonchev–Trinajstić information content (AvgIpc) is 2.66. The number of unbranched alkanes of at least 4 members (excludes halogenated alkanes) is 16. The van der Waals surface area contributed by atoms with Crippen molar-refractivity contribution in [3.63, 3.8) is 0 Å². The van der Waals surface area contributed by atoms with E-state index in [9.17, 15) is 0 Å². The molecule has 0 bridgehead atoms. The predicted octanol–water partition coefficient (Wildman–Crippen LogP) is 4.12. The zero-order valence-corrected chi connectivity index (χ0v) is 20.8. The van der Waals surface area contributed by atoms with Crippen molar-refractivity contribution in [1.29, 1.82) is 0 Å². The van der Waals surface area contributed by atoms with Gasteiger partial charge in [-0.05, 0) is 32.8 Å². The van der Waals surface area contributed by atoms with Gasteiger partial charge in [-0.1, -0.05) is 109 Å². The summed E-state index contributed by atoms with van der Waals surface area (Å²) < 4.78 is 0. The van der Waals surface area contributed by atoms with Gasteiger partial charge in [0.1, 0.15) is 0 Å². The summed E-state index contributed by atoms with van der Waals surface area (Å²) in [4.78, 5) is 1.69. The molecule has 0 atom stereocenters. The van der Waals surface area contributed by atoms with Crippen molar-refractivity contribution in [3.8, 4) is 0 Å². The maximum absolute atomic E-state index is 2.41. The average molecular weight is 447 g/mol. The Morgan fingerprint density at radius 1 is 0.481 bits per heavy atom. The van der Waals surface area contributed by atoms with E-state index in [0.29, 0.717) is 0 Å². The number of nitrogens with one attached hydrogen (secondary N) is 1. The van der Waals surface area contributed by atoms with E-state index in [1.807, 2.05) is 0 Å². The molecule has 0 saturated heterocycles. The summed E-state index contributed by atoms with van der Waals surface area (Å²) in [5.74, 6) is 0. The van der Waals surface area contributed by atoms with Crippen molar-refractivity contribution in [2.75, 3.05) is 19.6 Å². The first-order chi connectivity index (χ1) is 12.8. The fourth-order valence-corrected chi connectivity index (χ4v) is 3.72. The zero-order valence-electron chi connectivity index (χ0n) is 19.2. The lowest BCUT2D eigenvalue weighted by molar-refractivity contribution is -0.890. The molecular formula is C25H52BrN. The number of allylic oxidation sites excluding steroid dienone is 1. The van der Waals surface area contributed by atoms with Crippen LogP contribution in [0.3, 0.4) is 0 Å². The number of halogens is 1. The molecule has 0 aliphatic heterocycles. The second-order valence-corrected chi connectivity index (χ2v) is 8.22. The summed E-state index contributed by atoms with van der Waals surface area (Å²) in [5.41, 5.74) is 0. The molecular weight excluding hydrogens is 394 g/mol. The van der Waals surface area contributed by atoms with Crippen LogP contribution >= 0.6 is 0 Å². The first-order valence-corrected chi connectivity index (χ1v) is 12.3. The van der Waals surface area contributed by atoms with Gasteiger partial charge in [-0.2, -0.15) is 0 Å². The van der Waals surface area contributed by atoms with Gasteiger partial charge in [-0.25, -0.2) is 0 Å². The van der Waals surface area contributed by atoms with Crippen LogP contribution in [0.15, 0.2) is 12.2 Å². The lowest BCUT2D eigenvalue weighted by atomic mass is 10.0. The largest absolute Gasteiger partial charge is 1.00 e. The highest BCUT2D eigenvalue weighted by Crippen LogP contribution is 2.14. The second-order valence-electron chi connectivity index (χ2n) is 8.22. The molecule has 0 aromatic carbocycles. The fraction of sp³-hybridized carbons (Fsp3) is 0.920. The highest BCUT2D eigenvalue weighted by Gasteiger charge is 1.97. The first kappa shape index (κ1) is 29.4. The molecule has 0 spiro atoms. The van der Waals surface area contributed by atoms with E-state index in [1.54, 1.807) is 4.90 Å². The van der Waals surface area contributed by atoms with Gasteiger partial charge in [0, 0.05) is 0 Å². The van der Waals surface area contributed by atoms with E-state index in [-0.39, 0.29) is 17.0 Å². The normalized spacial score (nSPS) is 11.4. The van der Waals surface area contributed by atoms with E-state index >= 15 is 0 Å². The topological polar surface area (TPSA) is 4.44 Å². The lowest BCUT2D eigenvalue weighted by Gasteiger charge is -2.12. The van der Waals surface area contributed by atoms with Crippen LogP contribution < -0.4 is 21.9 Å². The highest BCUT2D eigenvalue weighted by molar-refractivity contribution is 4.80. The smallest absolute Gasteiger partial charge is 0.0957 e. The van der Waals surface area contributed by atoms with Crippen LogP contribution in [0.25, 0.3) is 0 Å². The van der Waals surface area contributed by atoms with E-state index in [1.165, 1.54) is 129 Å². The summed E-state index contributed by atoms with van der Waals surface area (Å²) >= 11 is 0. The van der Waals surface area contributed by atoms with E-state index in [4.69, 9.17) is 0 Å². The number of rotatable bonds is 21. The summed E-state index contributed by atoms with van der Waals surface area (Å²) in [6.07, 6.45) is 29.4. The van der Waals surface area contributed by atoms with E-state index in [0.717, 1.165) is 0 Å². The molecule has 1 N–H and O–H groups in total. The minimum absolute atomic E-state index is 0. The van der Waals surface area contributed by atoms with Crippen LogP contribution in [0.1, 0.15) is 130 Å². The van der Waals surface area contributed by atoms with E-state index in [2.05, 4.69) is 32.9 Å². The van der Waals surface area contributed by atoms with Crippen LogP contribution in [0.2, 0.25) is 0 Å². The molecule has 0 aromatic heterocycles. The molecule has 0 aromatic rings. The quantitative estimate of drug-likeness (QED) is 0.200. The van der Waals surface area contributed by atoms with Gasteiger partial charge in [0.05, 0.1) is 19.6 Å². The van der Waals surface area contributed by atoms with Crippen LogP contribution in [0.4, 0.5) is 0 Å². The van der Waals surface area contributed by atoms with Crippen LogP contribution in [-0.4, -0.2) is 19.6 Å². The number of hydrogen-bond acceptors (Lipinski definition) is 0. The van der Waals surface area contributed by atoms with Gasteiger partial charge in [0.25, 0.3) is 0 Å². The molecule has 2 heteroatoms. The van der Waals surface area contributed by atoms with Gasteiger partial charge < -0.3 is 21.9 Å². The van der Waals surface area contributed by atoms with Gasteiger partial charge >= 0.3 is 0 Å². The molecule has 164 valence electrons. The number of quaternary nitrogens is 1. The Balaban J connectivity index is 0. The van der Waals surface area contributed by atoms with Gasteiger partial charge in [0.2, 0.25) is 0 Å². The van der Waals surface area contributed by atoms with Gasteiger partial charge in [-0.3, -0.25) is 0 Å². The maximum Gasteiger partial charge on any atom is 0.0957 e. The molecule has 0 radical (unpaired) electrons. The Morgan fingerprint density at radius 2 is 0.852 bits per heavy atom. The summed E-state index contributed by atoms with van der Waals surface area (Å²) in [6, 6.07) is 0. The molecule has 27 heavy (non-hydrogen) atoms. The van der Waals surface area contributed by atoms with Crippen molar-refractivity contribution >= 4 is 0 Å². The van der Waals surface area contributed by atoms with Crippen molar-refractivity contribution < 1.29 is 21.9 Å². The van der Waals surface area contributed by atoms with Crippen molar-refractivity contribution in [2.45, 2.75) is 130 Å². The molecule has 0 unspecified atom stereocenters. The van der Waals surface area contributed by atoms with Crippen molar-refractivity contribution in [2.24, 2.45) is 0 Å². The zero-order chi connectivity index (χ0) is 19.1. The molecule has 0 rings (SSSR count). The summed E-state index contributed by atoms with van der Waals surface area (Å²) in [7, 11) is 0. The predicted molar refractivity (Wildman–Crippen MR) is 120 cm³/mol. The third kappa shape index (κ3) is 24.1. The summed E-state index contributed by atoms with van der Waals surface area (Å²) in [6.45, 7) is 10.6. The lowest BCUT2D eigenvalue weighted by Crippen LogP contribution is -3.11. The SMILES string of the molecule is CCCCCCCCCCCCCCCCCCC=CC[NH+](CC)CC.[Br-]. The number of hydrogen-bond donors (Lipinski definition) is 1. The molecule has 0 fully saturated rings. The third-order valence-corrected chi connectivity index (χ3v) is 5.80. The standard InChI is InChI=1S/C25H51N.BrH/c1-4-7-8-9-10-11-12-13-14-15-16-17-18-19-20-21-22-23-24-25-26(5-2)6-3;/h23-24H,4-22,25H2,1-3H3;1H. The van der Waals surface area contributed by atoms with Gasteiger partial charge in [-0.15, -0.1) is 0 Å². The Kier molecular flexibility index (Phi) is 28.5. The third-order valence-electron chi connectivity index (χ3n) is 5.80. The van der Waals surface area contributed by atoms with Crippen molar-refractivity contribution in [3.05, 3.63) is 12.2 Å². The molecule has 0 amide bonds. The van der Waals surface area contributed by atoms with Crippen molar-refractivity contribution in [1.82, 2.24) is 0 Å². The van der Waals surface area contributed by atoms with Crippen LogP contribution in [0.5, 0.6) is 0 Å². The maximum atomic E-state index is 2.41. The molecule has 0 heterocycles. The molecule has 1 nitrogen and oxygen atoms in total. The molecule has 0 aliphatic rings. The molecule has 0 aliphatic carbocycles. The fourth-order valence-electron chi connectivity index (χ4n) is 3.72. The Morgan fingerprint density at radius 3 is 1.22 bits per heavy atom. The van der Waals surface area contributed by atoms with Crippen LogP contribution in [-0.2, 0) is 0 Å². The Bertz CT molecular complexity index is 273. The monoisotopic (exact) mass is 445 g/mol. The van der Waals surface area contributed by atoms with E-state index < -0.39 is 0 Å². The highest BCUT2D eigenvalue weighted by atomic mass is 79.9. The minimum atomic E-state index is 0. The molecule has 0 saturated carbocycles. The number of likely N-dealkylation sites (N-methyl/N-ethyl adjacent to an activating group) is 1. The Labute approximate surface area is 183 Å². The van der Waals surface area contributed by atoms with Gasteiger partial charge in [0.15, 0.2) is 0 Å². The Hall–Kier alpha value is 0.180. The second kappa shape index (κ2) is 26.2.